The highest BCUT2D eigenvalue weighted by Gasteiger charge is 2.13. The fourth-order valence-electron chi connectivity index (χ4n) is 1.25. The van der Waals surface area contributed by atoms with Gasteiger partial charge in [-0.15, -0.1) is 0 Å². The molecule has 0 saturated carbocycles. The molecule has 1 rings (SSSR count). The van der Waals surface area contributed by atoms with Crippen molar-refractivity contribution in [3.8, 4) is 0 Å². The van der Waals surface area contributed by atoms with Crippen LogP contribution in [0, 0.1) is 0 Å². The molecular weight excluding hydrogens is 150 g/mol. The first kappa shape index (κ1) is 9.26. The van der Waals surface area contributed by atoms with Crippen molar-refractivity contribution >= 4 is 0 Å². The third-order valence-corrected chi connectivity index (χ3v) is 1.78. The van der Waals surface area contributed by atoms with Crippen LogP contribution < -0.4 is 5.73 Å². The Morgan fingerprint density at radius 3 is 2.75 bits per heavy atom. The monoisotopic (exact) mass is 167 g/mol. The summed E-state index contributed by atoms with van der Waals surface area (Å²) in [6.45, 7) is 7.13. The highest BCUT2D eigenvalue weighted by atomic mass is 15.0. The summed E-state index contributed by atoms with van der Waals surface area (Å²) in [5, 5.41) is 0. The van der Waals surface area contributed by atoms with Crippen LogP contribution in [0.25, 0.3) is 0 Å². The molecule has 0 fully saturated rings. The van der Waals surface area contributed by atoms with Crippen molar-refractivity contribution in [1.29, 1.82) is 0 Å². The molecule has 68 valence electrons. The van der Waals surface area contributed by atoms with Gasteiger partial charge in [0.2, 0.25) is 0 Å². The average Bonchev–Trinajstić information content (AvgIpc) is 2.31. The maximum atomic E-state index is 5.91. The van der Waals surface area contributed by atoms with Gasteiger partial charge in [0.15, 0.2) is 0 Å². The minimum atomic E-state index is -0.146. The molecule has 0 spiro atoms. The van der Waals surface area contributed by atoms with Crippen molar-refractivity contribution in [3.63, 3.8) is 0 Å². The van der Waals surface area contributed by atoms with Crippen molar-refractivity contribution in [1.82, 2.24) is 9.55 Å². The molecular formula is C9H17N3. The molecule has 0 bridgehead atoms. The van der Waals surface area contributed by atoms with E-state index in [1.807, 2.05) is 26.4 Å². The number of aromatic nitrogens is 2. The molecule has 0 aliphatic carbocycles. The molecule has 3 heteroatoms. The highest BCUT2D eigenvalue weighted by Crippen LogP contribution is 2.09. The summed E-state index contributed by atoms with van der Waals surface area (Å²) in [6.07, 6.45) is 4.61. The maximum Gasteiger partial charge on any atom is 0.0948 e. The molecule has 3 nitrogen and oxygen atoms in total. The van der Waals surface area contributed by atoms with Gasteiger partial charge in [0.05, 0.1) is 6.33 Å². The van der Waals surface area contributed by atoms with Gasteiger partial charge in [-0.1, -0.05) is 0 Å². The lowest BCUT2D eigenvalue weighted by atomic mass is 10.0. The van der Waals surface area contributed by atoms with Crippen molar-refractivity contribution in [2.75, 3.05) is 0 Å². The first-order valence-electron chi connectivity index (χ1n) is 4.31. The SMILES string of the molecule is CCn1cncc1CC(C)(C)N. The van der Waals surface area contributed by atoms with Gasteiger partial charge in [-0.2, -0.15) is 0 Å². The predicted molar refractivity (Wildman–Crippen MR) is 49.9 cm³/mol. The van der Waals surface area contributed by atoms with Gasteiger partial charge in [0.1, 0.15) is 0 Å². The zero-order chi connectivity index (χ0) is 9.19. The van der Waals surface area contributed by atoms with Crippen LogP contribution in [0.4, 0.5) is 0 Å². The first-order valence-corrected chi connectivity index (χ1v) is 4.31. The molecule has 1 aromatic rings. The Bertz CT molecular complexity index is 245. The fraction of sp³-hybridized carbons (Fsp3) is 0.667. The number of hydrogen-bond donors (Lipinski definition) is 1. The average molecular weight is 167 g/mol. The van der Waals surface area contributed by atoms with Gasteiger partial charge in [-0.3, -0.25) is 0 Å². The third kappa shape index (κ3) is 2.34. The summed E-state index contributed by atoms with van der Waals surface area (Å²) < 4.78 is 2.12. The first-order chi connectivity index (χ1) is 5.53. The van der Waals surface area contributed by atoms with Crippen LogP contribution in [-0.2, 0) is 13.0 Å². The topological polar surface area (TPSA) is 43.8 Å². The number of imidazole rings is 1. The van der Waals surface area contributed by atoms with Crippen LogP contribution in [0.1, 0.15) is 26.5 Å². The molecule has 2 N–H and O–H groups in total. The molecule has 12 heavy (non-hydrogen) atoms. The van der Waals surface area contributed by atoms with Gasteiger partial charge >= 0.3 is 0 Å². The Kier molecular flexibility index (Phi) is 2.52. The summed E-state index contributed by atoms with van der Waals surface area (Å²) in [4.78, 5) is 4.08. The van der Waals surface area contributed by atoms with Gasteiger partial charge in [0.25, 0.3) is 0 Å². The standard InChI is InChI=1S/C9H17N3/c1-4-12-7-11-6-8(12)5-9(2,3)10/h6-7H,4-5,10H2,1-3H3. The lowest BCUT2D eigenvalue weighted by Gasteiger charge is -2.18. The molecule has 0 atom stereocenters. The van der Waals surface area contributed by atoms with E-state index in [4.69, 9.17) is 5.73 Å². The predicted octanol–water partition coefficient (Wildman–Crippen LogP) is 1.18. The van der Waals surface area contributed by atoms with E-state index >= 15 is 0 Å². The molecule has 0 amide bonds. The van der Waals surface area contributed by atoms with E-state index in [2.05, 4.69) is 16.5 Å². The lowest BCUT2D eigenvalue weighted by molar-refractivity contribution is 0.496. The normalized spacial score (nSPS) is 12.0. The number of nitrogens with two attached hydrogens (primary N) is 1. The zero-order valence-electron chi connectivity index (χ0n) is 8.04. The van der Waals surface area contributed by atoms with Crippen LogP contribution in [0.5, 0.6) is 0 Å². The summed E-state index contributed by atoms with van der Waals surface area (Å²) >= 11 is 0. The summed E-state index contributed by atoms with van der Waals surface area (Å²) in [7, 11) is 0. The van der Waals surface area contributed by atoms with E-state index in [9.17, 15) is 0 Å². The number of nitrogens with zero attached hydrogens (tertiary/aromatic N) is 2. The van der Waals surface area contributed by atoms with Gasteiger partial charge < -0.3 is 10.3 Å². The van der Waals surface area contributed by atoms with Crippen LogP contribution >= 0.6 is 0 Å². The van der Waals surface area contributed by atoms with Crippen molar-refractivity contribution < 1.29 is 0 Å². The second kappa shape index (κ2) is 3.27. The Morgan fingerprint density at radius 1 is 1.58 bits per heavy atom. The minimum Gasteiger partial charge on any atom is -0.335 e. The van der Waals surface area contributed by atoms with E-state index in [1.54, 1.807) is 0 Å². The van der Waals surface area contributed by atoms with Crippen molar-refractivity contribution in [3.05, 3.63) is 18.2 Å². The second-order valence-corrected chi connectivity index (χ2v) is 3.84. The molecule has 0 aliphatic rings. The van der Waals surface area contributed by atoms with E-state index in [0.717, 1.165) is 13.0 Å². The molecule has 0 saturated heterocycles. The van der Waals surface area contributed by atoms with Crippen LogP contribution in [0.2, 0.25) is 0 Å². The molecule has 0 radical (unpaired) electrons. The quantitative estimate of drug-likeness (QED) is 0.734. The number of aryl methyl sites for hydroxylation is 1. The van der Waals surface area contributed by atoms with Crippen LogP contribution in [-0.4, -0.2) is 15.1 Å². The largest absolute Gasteiger partial charge is 0.335 e. The van der Waals surface area contributed by atoms with E-state index in [-0.39, 0.29) is 5.54 Å². The zero-order valence-corrected chi connectivity index (χ0v) is 8.04. The minimum absolute atomic E-state index is 0.146. The Labute approximate surface area is 73.6 Å². The van der Waals surface area contributed by atoms with Crippen molar-refractivity contribution in [2.24, 2.45) is 5.73 Å². The van der Waals surface area contributed by atoms with Gasteiger partial charge in [0, 0.05) is 30.4 Å². The summed E-state index contributed by atoms with van der Waals surface area (Å²) in [5.74, 6) is 0. The van der Waals surface area contributed by atoms with E-state index in [1.165, 1.54) is 5.69 Å². The molecule has 0 aliphatic heterocycles. The summed E-state index contributed by atoms with van der Waals surface area (Å²) in [5.41, 5.74) is 6.98. The molecule has 0 unspecified atom stereocenters. The van der Waals surface area contributed by atoms with E-state index < -0.39 is 0 Å². The van der Waals surface area contributed by atoms with Crippen LogP contribution in [0.3, 0.4) is 0 Å². The molecule has 1 heterocycles. The van der Waals surface area contributed by atoms with Gasteiger partial charge in [-0.25, -0.2) is 4.98 Å². The van der Waals surface area contributed by atoms with Crippen molar-refractivity contribution in [2.45, 2.75) is 39.3 Å². The Hall–Kier alpha value is -0.830. The van der Waals surface area contributed by atoms with Crippen LogP contribution in [0.15, 0.2) is 12.5 Å². The highest BCUT2D eigenvalue weighted by molar-refractivity contribution is 5.03. The Balaban J connectivity index is 2.75. The molecule has 0 aromatic carbocycles. The molecule has 1 aromatic heterocycles. The Morgan fingerprint density at radius 2 is 2.25 bits per heavy atom. The summed E-state index contributed by atoms with van der Waals surface area (Å²) in [6, 6.07) is 0. The van der Waals surface area contributed by atoms with E-state index in [0.29, 0.717) is 0 Å². The third-order valence-electron chi connectivity index (χ3n) is 1.78. The number of rotatable bonds is 3. The van der Waals surface area contributed by atoms with Gasteiger partial charge in [-0.05, 0) is 20.8 Å². The lowest BCUT2D eigenvalue weighted by Crippen LogP contribution is -2.35. The maximum absolute atomic E-state index is 5.91. The smallest absolute Gasteiger partial charge is 0.0948 e. The number of hydrogen-bond acceptors (Lipinski definition) is 2. The second-order valence-electron chi connectivity index (χ2n) is 3.84. The fourth-order valence-corrected chi connectivity index (χ4v) is 1.25.